The average molecular weight is 449 g/mol. The predicted octanol–water partition coefficient (Wildman–Crippen LogP) is 3.60. The Kier molecular flexibility index (Phi) is 6.44. The van der Waals surface area contributed by atoms with Crippen molar-refractivity contribution in [3.63, 3.8) is 0 Å². The Morgan fingerprint density at radius 1 is 1.24 bits per heavy atom. The fourth-order valence-electron chi connectivity index (χ4n) is 3.60. The molecule has 1 unspecified atom stereocenters. The summed E-state index contributed by atoms with van der Waals surface area (Å²) in [6.07, 6.45) is 0. The van der Waals surface area contributed by atoms with E-state index >= 15 is 0 Å². The molecule has 2 aromatic carbocycles. The number of aromatic carboxylic acids is 1. The predicted molar refractivity (Wildman–Crippen MR) is 115 cm³/mol. The molecule has 1 aliphatic rings. The minimum absolute atomic E-state index is 0.0536. The van der Waals surface area contributed by atoms with Gasteiger partial charge >= 0.3 is 11.9 Å². The van der Waals surface area contributed by atoms with Crippen molar-refractivity contribution in [2.24, 2.45) is 5.73 Å². The zero-order chi connectivity index (χ0) is 24.3. The van der Waals surface area contributed by atoms with Gasteiger partial charge in [-0.05, 0) is 36.6 Å². The van der Waals surface area contributed by atoms with Crippen LogP contribution in [0.15, 0.2) is 65.3 Å². The fourth-order valence-corrected chi connectivity index (χ4v) is 3.60. The summed E-state index contributed by atoms with van der Waals surface area (Å²) < 4.78 is 10.5. The SMILES string of the molecule is CCOC(=O)C1=C(C)OC(N)=C(C#N)C1c1ccc(-c2ccc(C(=O)O)c([N+](=O)[O-])c2)cc1. The molecule has 0 spiro atoms. The Balaban J connectivity index is 2.07. The summed E-state index contributed by atoms with van der Waals surface area (Å²) in [4.78, 5) is 34.4. The standard InChI is InChI=1S/C23H19N3O7/c1-3-32-23(29)19-12(2)33-21(25)17(11-24)20(19)14-6-4-13(5-7-14)15-8-9-16(22(27)28)18(10-15)26(30)31/h4-10,20H,3,25H2,1-2H3,(H,27,28). The van der Waals surface area contributed by atoms with Crippen LogP contribution >= 0.6 is 0 Å². The van der Waals surface area contributed by atoms with Crippen molar-refractivity contribution in [1.29, 1.82) is 5.26 Å². The van der Waals surface area contributed by atoms with E-state index in [2.05, 4.69) is 0 Å². The average Bonchev–Trinajstić information content (AvgIpc) is 2.78. The minimum atomic E-state index is -1.40. The number of carboxylic acids is 1. The van der Waals surface area contributed by atoms with Crippen LogP contribution in [0.5, 0.6) is 0 Å². The molecule has 0 aliphatic carbocycles. The topological polar surface area (TPSA) is 166 Å². The number of nitriles is 1. The van der Waals surface area contributed by atoms with Crippen LogP contribution in [0.1, 0.15) is 35.7 Å². The van der Waals surface area contributed by atoms with E-state index in [1.54, 1.807) is 38.1 Å². The van der Waals surface area contributed by atoms with Gasteiger partial charge in [-0.15, -0.1) is 0 Å². The number of rotatable bonds is 6. The molecule has 0 radical (unpaired) electrons. The van der Waals surface area contributed by atoms with Crippen LogP contribution in [0.25, 0.3) is 11.1 Å². The number of nitrogens with two attached hydrogens (primary N) is 1. The fraction of sp³-hybridized carbons (Fsp3) is 0.174. The van der Waals surface area contributed by atoms with E-state index in [4.69, 9.17) is 20.3 Å². The maximum absolute atomic E-state index is 12.6. The highest BCUT2D eigenvalue weighted by atomic mass is 16.6. The highest BCUT2D eigenvalue weighted by molar-refractivity contribution is 5.94. The Morgan fingerprint density at radius 3 is 2.42 bits per heavy atom. The first kappa shape index (κ1) is 23.0. The van der Waals surface area contributed by atoms with Gasteiger partial charge < -0.3 is 20.3 Å². The minimum Gasteiger partial charge on any atom is -0.477 e. The first-order valence-corrected chi connectivity index (χ1v) is 9.77. The first-order valence-electron chi connectivity index (χ1n) is 9.77. The number of carbonyl (C=O) groups excluding carboxylic acids is 1. The molecule has 168 valence electrons. The van der Waals surface area contributed by atoms with E-state index in [0.29, 0.717) is 16.7 Å². The van der Waals surface area contributed by atoms with Gasteiger partial charge in [-0.2, -0.15) is 5.26 Å². The Hall–Kier alpha value is -4.65. The Labute approximate surface area is 188 Å². The van der Waals surface area contributed by atoms with E-state index in [-0.39, 0.29) is 29.4 Å². The van der Waals surface area contributed by atoms with Crippen LogP contribution in [-0.4, -0.2) is 28.6 Å². The molecule has 0 saturated carbocycles. The lowest BCUT2D eigenvalue weighted by Gasteiger charge is -2.27. The van der Waals surface area contributed by atoms with Crippen molar-refractivity contribution >= 4 is 17.6 Å². The van der Waals surface area contributed by atoms with Crippen LogP contribution in [-0.2, 0) is 14.3 Å². The number of hydrogen-bond donors (Lipinski definition) is 2. The quantitative estimate of drug-likeness (QED) is 0.380. The zero-order valence-electron chi connectivity index (χ0n) is 17.7. The van der Waals surface area contributed by atoms with Gasteiger partial charge in [-0.1, -0.05) is 30.3 Å². The molecule has 0 bridgehead atoms. The van der Waals surface area contributed by atoms with Crippen LogP contribution in [0, 0.1) is 21.4 Å². The van der Waals surface area contributed by atoms with E-state index in [1.165, 1.54) is 18.2 Å². The number of nitro benzene ring substituents is 1. The molecule has 33 heavy (non-hydrogen) atoms. The molecule has 10 nitrogen and oxygen atoms in total. The molecule has 1 atom stereocenters. The van der Waals surface area contributed by atoms with E-state index < -0.39 is 34.0 Å². The summed E-state index contributed by atoms with van der Waals surface area (Å²) in [6.45, 7) is 3.34. The zero-order valence-corrected chi connectivity index (χ0v) is 17.7. The van der Waals surface area contributed by atoms with Gasteiger partial charge in [0.05, 0.1) is 23.0 Å². The van der Waals surface area contributed by atoms with Crippen molar-refractivity contribution in [3.8, 4) is 17.2 Å². The molecule has 0 amide bonds. The molecule has 0 aromatic heterocycles. The van der Waals surface area contributed by atoms with Crippen molar-refractivity contribution in [2.45, 2.75) is 19.8 Å². The Morgan fingerprint density at radius 2 is 1.88 bits per heavy atom. The van der Waals surface area contributed by atoms with Crippen LogP contribution in [0.2, 0.25) is 0 Å². The molecule has 0 saturated heterocycles. The Bertz CT molecular complexity index is 1250. The largest absolute Gasteiger partial charge is 0.477 e. The van der Waals surface area contributed by atoms with Crippen LogP contribution < -0.4 is 5.73 Å². The number of allylic oxidation sites excluding steroid dienone is 2. The van der Waals surface area contributed by atoms with Gasteiger partial charge in [0.15, 0.2) is 0 Å². The molecule has 1 aliphatic heterocycles. The third-order valence-corrected chi connectivity index (χ3v) is 5.10. The van der Waals surface area contributed by atoms with Gasteiger partial charge in [0.25, 0.3) is 5.69 Å². The summed E-state index contributed by atoms with van der Waals surface area (Å²) >= 11 is 0. The van der Waals surface area contributed by atoms with E-state index in [1.807, 2.05) is 6.07 Å². The van der Waals surface area contributed by atoms with Crippen LogP contribution in [0.4, 0.5) is 5.69 Å². The summed E-state index contributed by atoms with van der Waals surface area (Å²) in [7, 11) is 0. The third kappa shape index (κ3) is 4.38. The molecule has 1 heterocycles. The second-order valence-corrected chi connectivity index (χ2v) is 7.03. The molecule has 2 aromatic rings. The number of carbonyl (C=O) groups is 2. The second kappa shape index (κ2) is 9.23. The lowest BCUT2D eigenvalue weighted by atomic mass is 9.82. The number of benzene rings is 2. The number of carboxylic acid groups (broad SMARTS) is 1. The number of esters is 1. The third-order valence-electron chi connectivity index (χ3n) is 5.10. The molecule has 3 rings (SSSR count). The summed E-state index contributed by atoms with van der Waals surface area (Å²) in [5, 5.41) is 30.1. The normalized spacial score (nSPS) is 15.5. The van der Waals surface area contributed by atoms with Crippen molar-refractivity contribution in [1.82, 2.24) is 0 Å². The monoisotopic (exact) mass is 449 g/mol. The maximum atomic E-state index is 12.6. The highest BCUT2D eigenvalue weighted by Gasteiger charge is 2.36. The lowest BCUT2D eigenvalue weighted by Crippen LogP contribution is -2.25. The molecule has 10 heteroatoms. The number of nitro groups is 1. The summed E-state index contributed by atoms with van der Waals surface area (Å²) in [5.41, 5.74) is 6.70. The molecular formula is C23H19N3O7. The van der Waals surface area contributed by atoms with Crippen LogP contribution in [0.3, 0.4) is 0 Å². The molecule has 0 fully saturated rings. The second-order valence-electron chi connectivity index (χ2n) is 7.03. The highest BCUT2D eigenvalue weighted by Crippen LogP contribution is 2.40. The first-order chi connectivity index (χ1) is 15.7. The van der Waals surface area contributed by atoms with Gasteiger partial charge in [0, 0.05) is 6.07 Å². The summed E-state index contributed by atoms with van der Waals surface area (Å²) in [5.74, 6) is -2.74. The summed E-state index contributed by atoms with van der Waals surface area (Å²) in [6, 6.07) is 12.4. The van der Waals surface area contributed by atoms with Gasteiger partial charge in [0.1, 0.15) is 23.0 Å². The maximum Gasteiger partial charge on any atom is 0.342 e. The van der Waals surface area contributed by atoms with Crippen molar-refractivity contribution in [3.05, 3.63) is 86.5 Å². The van der Waals surface area contributed by atoms with Crippen molar-refractivity contribution < 1.29 is 29.1 Å². The van der Waals surface area contributed by atoms with Gasteiger partial charge in [-0.3, -0.25) is 10.1 Å². The van der Waals surface area contributed by atoms with E-state index in [0.717, 1.165) is 0 Å². The number of nitrogens with zero attached hydrogens (tertiary/aromatic N) is 2. The van der Waals surface area contributed by atoms with Gasteiger partial charge in [-0.25, -0.2) is 9.59 Å². The molecular weight excluding hydrogens is 430 g/mol. The number of hydrogen-bond acceptors (Lipinski definition) is 8. The number of ether oxygens (including phenoxy) is 2. The lowest BCUT2D eigenvalue weighted by molar-refractivity contribution is -0.385. The molecule has 3 N–H and O–H groups in total. The smallest absolute Gasteiger partial charge is 0.342 e. The van der Waals surface area contributed by atoms with Gasteiger partial charge in [0.2, 0.25) is 5.88 Å². The van der Waals surface area contributed by atoms with E-state index in [9.17, 15) is 25.0 Å². The van der Waals surface area contributed by atoms with Crippen molar-refractivity contribution in [2.75, 3.05) is 6.61 Å².